The highest BCUT2D eigenvalue weighted by atomic mass is 16.2. The normalized spacial score (nSPS) is 10.0. The second-order valence-corrected chi connectivity index (χ2v) is 3.50. The van der Waals surface area contributed by atoms with Crippen LogP contribution in [0.5, 0.6) is 0 Å². The first kappa shape index (κ1) is 12.9. The SMILES string of the molecule is CCC(=O)NCCCNC(=O)C(C)C. The van der Waals surface area contributed by atoms with E-state index in [4.69, 9.17) is 0 Å². The summed E-state index contributed by atoms with van der Waals surface area (Å²) in [4.78, 5) is 21.9. The summed E-state index contributed by atoms with van der Waals surface area (Å²) in [5, 5.41) is 5.53. The Morgan fingerprint density at radius 1 is 1.14 bits per heavy atom. The van der Waals surface area contributed by atoms with Gasteiger partial charge in [-0.2, -0.15) is 0 Å². The van der Waals surface area contributed by atoms with E-state index in [0.29, 0.717) is 19.5 Å². The Labute approximate surface area is 85.4 Å². The van der Waals surface area contributed by atoms with E-state index in [1.807, 2.05) is 20.8 Å². The third-order valence-corrected chi connectivity index (χ3v) is 1.82. The summed E-state index contributed by atoms with van der Waals surface area (Å²) in [6, 6.07) is 0. The van der Waals surface area contributed by atoms with Gasteiger partial charge in [0.05, 0.1) is 0 Å². The highest BCUT2D eigenvalue weighted by Crippen LogP contribution is 1.89. The number of carbonyl (C=O) groups is 2. The molecule has 0 unspecified atom stereocenters. The minimum absolute atomic E-state index is 0.0280. The number of rotatable bonds is 6. The molecule has 0 saturated heterocycles. The Morgan fingerprint density at radius 3 is 2.21 bits per heavy atom. The van der Waals surface area contributed by atoms with Crippen molar-refractivity contribution in [1.29, 1.82) is 0 Å². The molecule has 2 N–H and O–H groups in total. The van der Waals surface area contributed by atoms with Crippen LogP contribution in [0.25, 0.3) is 0 Å². The smallest absolute Gasteiger partial charge is 0.222 e. The third-order valence-electron chi connectivity index (χ3n) is 1.82. The first-order valence-corrected chi connectivity index (χ1v) is 5.12. The lowest BCUT2D eigenvalue weighted by Gasteiger charge is -2.07. The van der Waals surface area contributed by atoms with Crippen molar-refractivity contribution in [2.24, 2.45) is 5.92 Å². The second kappa shape index (κ2) is 7.35. The van der Waals surface area contributed by atoms with Crippen molar-refractivity contribution in [3.63, 3.8) is 0 Å². The Morgan fingerprint density at radius 2 is 1.71 bits per heavy atom. The number of amides is 2. The largest absolute Gasteiger partial charge is 0.356 e. The van der Waals surface area contributed by atoms with Gasteiger partial charge in [0.1, 0.15) is 0 Å². The number of hydrogen-bond donors (Lipinski definition) is 2. The Hall–Kier alpha value is -1.06. The highest BCUT2D eigenvalue weighted by molar-refractivity contribution is 5.77. The summed E-state index contributed by atoms with van der Waals surface area (Å²) in [7, 11) is 0. The first-order chi connectivity index (χ1) is 6.57. The summed E-state index contributed by atoms with van der Waals surface area (Å²) < 4.78 is 0. The van der Waals surface area contributed by atoms with Crippen molar-refractivity contribution in [3.05, 3.63) is 0 Å². The Bertz CT molecular complexity index is 191. The van der Waals surface area contributed by atoms with Gasteiger partial charge < -0.3 is 10.6 Å². The Balaban J connectivity index is 3.30. The van der Waals surface area contributed by atoms with E-state index < -0.39 is 0 Å². The summed E-state index contributed by atoms with van der Waals surface area (Å²) in [5.74, 6) is 0.146. The van der Waals surface area contributed by atoms with Gasteiger partial charge in [-0.15, -0.1) is 0 Å². The fraction of sp³-hybridized carbons (Fsp3) is 0.800. The van der Waals surface area contributed by atoms with Crippen molar-refractivity contribution in [3.8, 4) is 0 Å². The average Bonchev–Trinajstić information content (AvgIpc) is 2.16. The first-order valence-electron chi connectivity index (χ1n) is 5.12. The fourth-order valence-electron chi connectivity index (χ4n) is 0.857. The molecule has 4 heteroatoms. The van der Waals surface area contributed by atoms with Crippen molar-refractivity contribution < 1.29 is 9.59 Å². The second-order valence-electron chi connectivity index (χ2n) is 3.50. The molecule has 0 bridgehead atoms. The molecule has 0 heterocycles. The van der Waals surface area contributed by atoms with E-state index >= 15 is 0 Å². The number of carbonyl (C=O) groups excluding carboxylic acids is 2. The van der Waals surface area contributed by atoms with Crippen LogP contribution in [0.3, 0.4) is 0 Å². The summed E-state index contributed by atoms with van der Waals surface area (Å²) in [6.45, 7) is 6.78. The van der Waals surface area contributed by atoms with Crippen molar-refractivity contribution in [2.75, 3.05) is 13.1 Å². The number of nitrogens with one attached hydrogen (secondary N) is 2. The predicted octanol–water partition coefficient (Wildman–Crippen LogP) is 0.675. The zero-order valence-corrected chi connectivity index (χ0v) is 9.22. The molecule has 0 aromatic heterocycles. The van der Waals surface area contributed by atoms with Gasteiger partial charge in [-0.05, 0) is 6.42 Å². The van der Waals surface area contributed by atoms with E-state index in [9.17, 15) is 9.59 Å². The van der Waals surface area contributed by atoms with E-state index in [1.165, 1.54) is 0 Å². The van der Waals surface area contributed by atoms with Gasteiger partial charge in [-0.3, -0.25) is 9.59 Å². The molecule has 82 valence electrons. The van der Waals surface area contributed by atoms with Gasteiger partial charge in [0.2, 0.25) is 11.8 Å². The van der Waals surface area contributed by atoms with Gasteiger partial charge in [0, 0.05) is 25.4 Å². The topological polar surface area (TPSA) is 58.2 Å². The molecule has 0 radical (unpaired) electrons. The average molecular weight is 200 g/mol. The van der Waals surface area contributed by atoms with E-state index in [0.717, 1.165) is 6.42 Å². The molecule has 4 nitrogen and oxygen atoms in total. The molecule has 14 heavy (non-hydrogen) atoms. The predicted molar refractivity (Wildman–Crippen MR) is 55.8 cm³/mol. The van der Waals surface area contributed by atoms with Crippen LogP contribution in [-0.4, -0.2) is 24.9 Å². The molecule has 0 rings (SSSR count). The molecule has 0 atom stereocenters. The molecule has 0 aliphatic carbocycles. The zero-order chi connectivity index (χ0) is 11.0. The zero-order valence-electron chi connectivity index (χ0n) is 9.22. The minimum Gasteiger partial charge on any atom is -0.356 e. The van der Waals surface area contributed by atoms with Gasteiger partial charge in [0.15, 0.2) is 0 Å². The summed E-state index contributed by atoms with van der Waals surface area (Å²) in [6.07, 6.45) is 1.29. The van der Waals surface area contributed by atoms with E-state index in [2.05, 4.69) is 10.6 Å². The Kier molecular flexibility index (Phi) is 6.80. The minimum atomic E-state index is 0.0280. The molecule has 0 aliphatic heterocycles. The summed E-state index contributed by atoms with van der Waals surface area (Å²) in [5.41, 5.74) is 0. The highest BCUT2D eigenvalue weighted by Gasteiger charge is 2.04. The van der Waals surface area contributed by atoms with Gasteiger partial charge in [-0.1, -0.05) is 20.8 Å². The number of hydrogen-bond acceptors (Lipinski definition) is 2. The molecular formula is C10H20N2O2. The molecule has 0 saturated carbocycles. The van der Waals surface area contributed by atoms with Crippen LogP contribution in [0.2, 0.25) is 0 Å². The van der Waals surface area contributed by atoms with Gasteiger partial charge in [0.25, 0.3) is 0 Å². The van der Waals surface area contributed by atoms with Crippen molar-refractivity contribution in [2.45, 2.75) is 33.6 Å². The lowest BCUT2D eigenvalue weighted by Crippen LogP contribution is -2.31. The van der Waals surface area contributed by atoms with Crippen LogP contribution in [-0.2, 0) is 9.59 Å². The molecule has 0 aromatic carbocycles. The van der Waals surface area contributed by atoms with Crippen LogP contribution < -0.4 is 10.6 Å². The maximum absolute atomic E-state index is 11.1. The monoisotopic (exact) mass is 200 g/mol. The van der Waals surface area contributed by atoms with Gasteiger partial charge in [-0.25, -0.2) is 0 Å². The lowest BCUT2D eigenvalue weighted by molar-refractivity contribution is -0.123. The maximum Gasteiger partial charge on any atom is 0.222 e. The van der Waals surface area contributed by atoms with Crippen LogP contribution >= 0.6 is 0 Å². The van der Waals surface area contributed by atoms with Crippen LogP contribution in [0, 0.1) is 5.92 Å². The molecule has 2 amide bonds. The van der Waals surface area contributed by atoms with E-state index in [1.54, 1.807) is 0 Å². The van der Waals surface area contributed by atoms with Crippen LogP contribution in [0.15, 0.2) is 0 Å². The van der Waals surface area contributed by atoms with E-state index in [-0.39, 0.29) is 17.7 Å². The van der Waals surface area contributed by atoms with Gasteiger partial charge >= 0.3 is 0 Å². The molecule has 0 fully saturated rings. The third kappa shape index (κ3) is 6.46. The standard InChI is InChI=1S/C10H20N2O2/c1-4-9(13)11-6-5-7-12-10(14)8(2)3/h8H,4-7H2,1-3H3,(H,11,13)(H,12,14). The lowest BCUT2D eigenvalue weighted by atomic mass is 10.2. The van der Waals surface area contributed by atoms with Crippen molar-refractivity contribution >= 4 is 11.8 Å². The van der Waals surface area contributed by atoms with Crippen LogP contribution in [0.4, 0.5) is 0 Å². The van der Waals surface area contributed by atoms with Crippen molar-refractivity contribution in [1.82, 2.24) is 10.6 Å². The molecule has 0 spiro atoms. The van der Waals surface area contributed by atoms with Crippen LogP contribution in [0.1, 0.15) is 33.6 Å². The molecular weight excluding hydrogens is 180 g/mol. The summed E-state index contributed by atoms with van der Waals surface area (Å²) >= 11 is 0. The maximum atomic E-state index is 11.1. The molecule has 0 aromatic rings. The quantitative estimate of drug-likeness (QED) is 0.619. The molecule has 0 aliphatic rings. The fourth-order valence-corrected chi connectivity index (χ4v) is 0.857.